The second-order valence-electron chi connectivity index (χ2n) is 9.04. The second-order valence-corrected chi connectivity index (χ2v) is 9.44. The Bertz CT molecular complexity index is 860. The molecule has 1 N–H and O–H groups in total. The molecule has 0 bridgehead atoms. The quantitative estimate of drug-likeness (QED) is 0.757. The van der Waals surface area contributed by atoms with Crippen LogP contribution in [0.25, 0.3) is 11.3 Å². The molecular formula is C23H28ClFN4O. The van der Waals surface area contributed by atoms with E-state index in [1.807, 2.05) is 12.1 Å². The number of halogens is 2. The number of fused-ring (bicyclic) bond motifs is 1. The minimum Gasteiger partial charge on any atom is -0.381 e. The van der Waals surface area contributed by atoms with Crippen molar-refractivity contribution < 1.29 is 9.13 Å². The van der Waals surface area contributed by atoms with Gasteiger partial charge in [0.2, 0.25) is 0 Å². The van der Waals surface area contributed by atoms with Crippen molar-refractivity contribution in [3.63, 3.8) is 0 Å². The third-order valence-electron chi connectivity index (χ3n) is 6.90. The summed E-state index contributed by atoms with van der Waals surface area (Å²) >= 11 is 6.18. The third-order valence-corrected chi connectivity index (χ3v) is 7.23. The molecule has 2 aromatic rings. The zero-order chi connectivity index (χ0) is 20.5. The van der Waals surface area contributed by atoms with E-state index in [1.165, 1.54) is 57.5 Å². The zero-order valence-corrected chi connectivity index (χ0v) is 17.8. The zero-order valence-electron chi connectivity index (χ0n) is 17.1. The Kier molecular flexibility index (Phi) is 5.89. The molecular weight excluding hydrogens is 403 g/mol. The Morgan fingerprint density at radius 3 is 2.53 bits per heavy atom. The number of benzene rings is 1. The summed E-state index contributed by atoms with van der Waals surface area (Å²) in [6, 6.07) is 8.49. The molecule has 3 aliphatic rings. The molecule has 160 valence electrons. The molecule has 30 heavy (non-hydrogen) atoms. The van der Waals surface area contributed by atoms with Gasteiger partial charge >= 0.3 is 0 Å². The number of aromatic nitrogens is 2. The highest BCUT2D eigenvalue weighted by Gasteiger charge is 2.41. The summed E-state index contributed by atoms with van der Waals surface area (Å²) in [4.78, 5) is 2.68. The van der Waals surface area contributed by atoms with Gasteiger partial charge in [0.15, 0.2) is 0 Å². The number of likely N-dealkylation sites (tertiary alicyclic amines) is 1. The van der Waals surface area contributed by atoms with Gasteiger partial charge in [0, 0.05) is 44.5 Å². The molecule has 2 saturated heterocycles. The summed E-state index contributed by atoms with van der Waals surface area (Å²) in [6.07, 6.45) is 4.80. The van der Waals surface area contributed by atoms with Gasteiger partial charge in [-0.25, -0.2) is 4.39 Å². The smallest absolute Gasteiger partial charge is 0.148 e. The average molecular weight is 431 g/mol. The molecule has 0 unspecified atom stereocenters. The van der Waals surface area contributed by atoms with Crippen LogP contribution < -0.4 is 5.32 Å². The highest BCUT2D eigenvalue weighted by Crippen LogP contribution is 2.39. The first-order chi connectivity index (χ1) is 14.6. The van der Waals surface area contributed by atoms with Crippen molar-refractivity contribution in [2.45, 2.75) is 31.7 Å². The van der Waals surface area contributed by atoms with Gasteiger partial charge in [0.25, 0.3) is 0 Å². The lowest BCUT2D eigenvalue weighted by molar-refractivity contribution is 0.0545. The van der Waals surface area contributed by atoms with Gasteiger partial charge in [-0.15, -0.1) is 10.2 Å². The average Bonchev–Trinajstić information content (AvgIpc) is 3.29. The molecule has 3 atom stereocenters. The molecule has 3 heterocycles. The minimum atomic E-state index is -0.332. The van der Waals surface area contributed by atoms with Gasteiger partial charge in [-0.2, -0.15) is 0 Å². The fraction of sp³-hybridized carbons (Fsp3) is 0.565. The molecule has 0 amide bonds. The number of nitrogens with one attached hydrogen (secondary N) is 1. The first-order valence-electron chi connectivity index (χ1n) is 11.0. The Morgan fingerprint density at radius 1 is 1.07 bits per heavy atom. The van der Waals surface area contributed by atoms with Crippen LogP contribution in [0.4, 0.5) is 10.2 Å². The van der Waals surface area contributed by atoms with Crippen molar-refractivity contribution in [3.8, 4) is 11.3 Å². The predicted octanol–water partition coefficient (Wildman–Crippen LogP) is 4.49. The molecule has 1 aliphatic carbocycles. The van der Waals surface area contributed by atoms with Crippen molar-refractivity contribution in [2.75, 3.05) is 38.2 Å². The number of hydrogen-bond donors (Lipinski definition) is 1. The van der Waals surface area contributed by atoms with E-state index in [2.05, 4.69) is 20.4 Å². The van der Waals surface area contributed by atoms with E-state index in [1.54, 1.807) is 6.07 Å². The highest BCUT2D eigenvalue weighted by atomic mass is 35.5. The maximum absolute atomic E-state index is 13.5. The van der Waals surface area contributed by atoms with Crippen LogP contribution in [0, 0.1) is 23.6 Å². The van der Waals surface area contributed by atoms with E-state index >= 15 is 0 Å². The minimum absolute atomic E-state index is 0.332. The number of ether oxygens (including phenoxy) is 1. The van der Waals surface area contributed by atoms with Crippen LogP contribution in [0.15, 0.2) is 30.3 Å². The van der Waals surface area contributed by atoms with E-state index in [4.69, 9.17) is 16.3 Å². The summed E-state index contributed by atoms with van der Waals surface area (Å²) in [5, 5.41) is 12.6. The molecule has 7 heteroatoms. The molecule has 3 fully saturated rings. The first-order valence-corrected chi connectivity index (χ1v) is 11.4. The first kappa shape index (κ1) is 20.2. The van der Waals surface area contributed by atoms with Crippen LogP contribution in [0.3, 0.4) is 0 Å². The van der Waals surface area contributed by atoms with Crippen molar-refractivity contribution in [2.24, 2.45) is 17.8 Å². The van der Waals surface area contributed by atoms with Gasteiger partial charge < -0.3 is 15.0 Å². The van der Waals surface area contributed by atoms with E-state index in [0.717, 1.165) is 36.8 Å². The van der Waals surface area contributed by atoms with E-state index < -0.39 is 0 Å². The summed E-state index contributed by atoms with van der Waals surface area (Å²) in [6.45, 7) is 5.56. The van der Waals surface area contributed by atoms with Gasteiger partial charge in [-0.05, 0) is 73.8 Å². The van der Waals surface area contributed by atoms with Crippen molar-refractivity contribution in [1.82, 2.24) is 15.1 Å². The van der Waals surface area contributed by atoms with Crippen LogP contribution in [0.1, 0.15) is 25.7 Å². The van der Waals surface area contributed by atoms with Gasteiger partial charge in [-0.3, -0.25) is 0 Å². The van der Waals surface area contributed by atoms with Crippen LogP contribution >= 0.6 is 11.6 Å². The third kappa shape index (κ3) is 4.46. The number of hydrogen-bond acceptors (Lipinski definition) is 5. The van der Waals surface area contributed by atoms with Crippen LogP contribution in [0.5, 0.6) is 0 Å². The topological polar surface area (TPSA) is 50.3 Å². The Morgan fingerprint density at radius 2 is 1.83 bits per heavy atom. The summed E-state index contributed by atoms with van der Waals surface area (Å²) < 4.78 is 19.0. The van der Waals surface area contributed by atoms with Crippen molar-refractivity contribution >= 4 is 17.4 Å². The van der Waals surface area contributed by atoms with Crippen LogP contribution in [-0.2, 0) is 4.74 Å². The fourth-order valence-electron chi connectivity index (χ4n) is 5.41. The Balaban J connectivity index is 1.14. The van der Waals surface area contributed by atoms with Crippen LogP contribution in [-0.4, -0.2) is 54.0 Å². The van der Waals surface area contributed by atoms with Crippen molar-refractivity contribution in [1.29, 1.82) is 0 Å². The Labute approximate surface area is 182 Å². The standard InChI is InChI=1S/C23H28ClFN4O/c24-21-2-1-18(25)11-20(21)22-3-4-23(28-27-22)26-19-9-16-13-29(14-17(16)10-19)12-15-5-7-30-8-6-15/h1-4,11,15-17,19H,5-10,12-14H2,(H,26,28)/t16-,17+,19+. The van der Waals surface area contributed by atoms with Gasteiger partial charge in [0.1, 0.15) is 11.6 Å². The highest BCUT2D eigenvalue weighted by molar-refractivity contribution is 6.33. The van der Waals surface area contributed by atoms with Gasteiger partial charge in [-0.1, -0.05) is 11.6 Å². The molecule has 5 nitrogen and oxygen atoms in total. The number of nitrogens with zero attached hydrogens (tertiary/aromatic N) is 3. The lowest BCUT2D eigenvalue weighted by Crippen LogP contribution is -2.32. The van der Waals surface area contributed by atoms with Crippen LogP contribution in [0.2, 0.25) is 5.02 Å². The van der Waals surface area contributed by atoms with E-state index in [-0.39, 0.29) is 5.82 Å². The summed E-state index contributed by atoms with van der Waals surface area (Å²) in [5.41, 5.74) is 1.15. The normalized spacial score (nSPS) is 27.3. The monoisotopic (exact) mass is 430 g/mol. The number of anilines is 1. The predicted molar refractivity (Wildman–Crippen MR) is 116 cm³/mol. The maximum Gasteiger partial charge on any atom is 0.148 e. The maximum atomic E-state index is 13.5. The van der Waals surface area contributed by atoms with Crippen molar-refractivity contribution in [3.05, 3.63) is 41.2 Å². The lowest BCUT2D eigenvalue weighted by Gasteiger charge is -2.27. The number of rotatable bonds is 5. The molecule has 1 aromatic heterocycles. The molecule has 1 saturated carbocycles. The molecule has 5 rings (SSSR count). The summed E-state index contributed by atoms with van der Waals surface area (Å²) in [5.74, 6) is 2.81. The molecule has 2 aliphatic heterocycles. The van der Waals surface area contributed by atoms with E-state index in [0.29, 0.717) is 22.3 Å². The second kappa shape index (κ2) is 8.77. The summed E-state index contributed by atoms with van der Waals surface area (Å²) in [7, 11) is 0. The molecule has 0 radical (unpaired) electrons. The lowest BCUT2D eigenvalue weighted by atomic mass is 10.00. The SMILES string of the molecule is Fc1ccc(Cl)c(-c2ccc(N[C@H]3C[C@@H]4CN(CC5CCOCC5)C[C@@H]4C3)nn2)c1. The fourth-order valence-corrected chi connectivity index (χ4v) is 5.63. The van der Waals surface area contributed by atoms with E-state index in [9.17, 15) is 4.39 Å². The Hall–Kier alpha value is -1.76. The molecule has 0 spiro atoms. The molecule has 1 aromatic carbocycles. The largest absolute Gasteiger partial charge is 0.381 e. The van der Waals surface area contributed by atoms with Gasteiger partial charge in [0.05, 0.1) is 10.7 Å².